The van der Waals surface area contributed by atoms with Gasteiger partial charge in [-0.3, -0.25) is 0 Å². The van der Waals surface area contributed by atoms with Crippen LogP contribution in [-0.4, -0.2) is 42.3 Å². The summed E-state index contributed by atoms with van der Waals surface area (Å²) in [6.45, 7) is 8.27. The smallest absolute Gasteiger partial charge is 0.410 e. The van der Waals surface area contributed by atoms with E-state index in [1.165, 1.54) is 16.8 Å². The Hall–Kier alpha value is -1.91. The van der Waals surface area contributed by atoms with Crippen LogP contribution in [0, 0.1) is 0 Å². The summed E-state index contributed by atoms with van der Waals surface area (Å²) < 4.78 is 5.67. The van der Waals surface area contributed by atoms with Gasteiger partial charge in [-0.2, -0.15) is 0 Å². The van der Waals surface area contributed by atoms with Crippen molar-refractivity contribution in [3.63, 3.8) is 0 Å². The minimum absolute atomic E-state index is 0.213. The van der Waals surface area contributed by atoms with Crippen LogP contribution in [0.4, 0.5) is 10.5 Å². The first-order chi connectivity index (χ1) is 14.7. The SMILES string of the molecule is CC(C)(C)OC(=O)N1CC[C@H]2[C@@H](C1)c1cc(-c3cc(Cl)ccc3Cl)cc3c1N2CCC3. The molecule has 6 heteroatoms. The number of benzene rings is 2. The lowest BCUT2D eigenvalue weighted by atomic mass is 9.87. The third-order valence-electron chi connectivity index (χ3n) is 6.62. The van der Waals surface area contributed by atoms with Crippen molar-refractivity contribution in [1.82, 2.24) is 4.90 Å². The molecule has 0 radical (unpaired) electrons. The monoisotopic (exact) mass is 458 g/mol. The van der Waals surface area contributed by atoms with Crippen molar-refractivity contribution in [1.29, 1.82) is 0 Å². The van der Waals surface area contributed by atoms with E-state index in [1.807, 2.05) is 43.9 Å². The van der Waals surface area contributed by atoms with Gasteiger partial charge in [0.25, 0.3) is 0 Å². The van der Waals surface area contributed by atoms with Crippen LogP contribution in [0.5, 0.6) is 0 Å². The van der Waals surface area contributed by atoms with Crippen LogP contribution in [0.15, 0.2) is 30.3 Å². The number of halogens is 2. The van der Waals surface area contributed by atoms with Gasteiger partial charge >= 0.3 is 6.09 Å². The number of likely N-dealkylation sites (tertiary alicyclic amines) is 1. The second-order valence-corrected chi connectivity index (χ2v) is 10.7. The average Bonchev–Trinajstić information content (AvgIpc) is 3.03. The Labute approximate surface area is 194 Å². The van der Waals surface area contributed by atoms with Gasteiger partial charge in [0.15, 0.2) is 0 Å². The van der Waals surface area contributed by atoms with E-state index in [9.17, 15) is 4.79 Å². The number of piperidine rings is 1. The van der Waals surface area contributed by atoms with Crippen molar-refractivity contribution >= 4 is 35.0 Å². The summed E-state index contributed by atoms with van der Waals surface area (Å²) in [6.07, 6.45) is 2.97. The lowest BCUT2D eigenvalue weighted by molar-refractivity contribution is 0.0189. The standard InChI is InChI=1S/C25H28Cl2N2O2/c1-25(2,3)31-24(30)28-10-8-22-20(14-28)19-12-16(18-13-17(26)6-7-21(18)27)11-15-5-4-9-29(22)23(15)19/h6-7,11-13,20,22H,4-5,8-10,14H2,1-3H3/t20-,22-/m0/s1. The van der Waals surface area contributed by atoms with Crippen molar-refractivity contribution in [2.75, 3.05) is 24.5 Å². The Morgan fingerprint density at radius 2 is 1.94 bits per heavy atom. The van der Waals surface area contributed by atoms with Gasteiger partial charge in [0.1, 0.15) is 5.60 Å². The molecular formula is C25H28Cl2N2O2. The zero-order chi connectivity index (χ0) is 21.9. The molecule has 1 saturated heterocycles. The molecule has 5 rings (SSSR count). The number of anilines is 1. The number of nitrogens with zero attached hydrogens (tertiary/aromatic N) is 2. The molecule has 4 nitrogen and oxygen atoms in total. The summed E-state index contributed by atoms with van der Waals surface area (Å²) >= 11 is 12.8. The molecule has 3 heterocycles. The Bertz CT molecular complexity index is 1050. The van der Waals surface area contributed by atoms with Crippen LogP contribution in [0.2, 0.25) is 10.0 Å². The highest BCUT2D eigenvalue weighted by molar-refractivity contribution is 6.35. The van der Waals surface area contributed by atoms with E-state index in [2.05, 4.69) is 17.0 Å². The number of amides is 1. The van der Waals surface area contributed by atoms with E-state index >= 15 is 0 Å². The fourth-order valence-corrected chi connectivity index (χ4v) is 5.81. The van der Waals surface area contributed by atoms with Crippen molar-refractivity contribution in [2.45, 2.75) is 57.6 Å². The zero-order valence-corrected chi connectivity index (χ0v) is 19.8. The molecule has 3 aliphatic heterocycles. The minimum Gasteiger partial charge on any atom is -0.444 e. The van der Waals surface area contributed by atoms with Gasteiger partial charge in [0, 0.05) is 52.9 Å². The maximum Gasteiger partial charge on any atom is 0.410 e. The van der Waals surface area contributed by atoms with Crippen LogP contribution >= 0.6 is 23.2 Å². The van der Waals surface area contributed by atoms with Gasteiger partial charge in [-0.25, -0.2) is 4.79 Å². The zero-order valence-electron chi connectivity index (χ0n) is 18.3. The number of ether oxygens (including phenoxy) is 1. The largest absolute Gasteiger partial charge is 0.444 e. The molecule has 0 unspecified atom stereocenters. The predicted octanol–water partition coefficient (Wildman–Crippen LogP) is 6.52. The third kappa shape index (κ3) is 3.78. The van der Waals surface area contributed by atoms with Crippen LogP contribution in [0.1, 0.15) is 50.7 Å². The van der Waals surface area contributed by atoms with E-state index in [0.29, 0.717) is 22.6 Å². The number of fused-ring (bicyclic) bond motifs is 3. The second kappa shape index (κ2) is 7.60. The van der Waals surface area contributed by atoms with Crippen LogP contribution in [0.3, 0.4) is 0 Å². The first-order valence-corrected chi connectivity index (χ1v) is 11.8. The van der Waals surface area contributed by atoms with Crippen LogP contribution in [-0.2, 0) is 11.2 Å². The Morgan fingerprint density at radius 1 is 1.13 bits per heavy atom. The number of rotatable bonds is 1. The van der Waals surface area contributed by atoms with Gasteiger partial charge in [0.05, 0.1) is 0 Å². The molecule has 0 bridgehead atoms. The molecule has 0 aliphatic carbocycles. The summed E-state index contributed by atoms with van der Waals surface area (Å²) in [6, 6.07) is 10.6. The molecule has 2 atom stereocenters. The first-order valence-electron chi connectivity index (χ1n) is 11.1. The van der Waals surface area contributed by atoms with Gasteiger partial charge in [-0.05, 0) is 87.1 Å². The quantitative estimate of drug-likeness (QED) is 0.487. The van der Waals surface area contributed by atoms with Crippen LogP contribution < -0.4 is 4.90 Å². The van der Waals surface area contributed by atoms with Crippen LogP contribution in [0.25, 0.3) is 11.1 Å². The Kier molecular flexibility index (Phi) is 5.14. The molecule has 2 aromatic rings. The van der Waals surface area contributed by atoms with Gasteiger partial charge in [-0.1, -0.05) is 23.2 Å². The van der Waals surface area contributed by atoms with Crippen molar-refractivity contribution < 1.29 is 9.53 Å². The molecule has 31 heavy (non-hydrogen) atoms. The molecule has 3 aliphatic rings. The summed E-state index contributed by atoms with van der Waals surface area (Å²) in [5.41, 5.74) is 5.69. The highest BCUT2D eigenvalue weighted by Crippen LogP contribution is 2.50. The maximum atomic E-state index is 12.8. The molecule has 2 aromatic carbocycles. The highest BCUT2D eigenvalue weighted by Gasteiger charge is 2.45. The molecule has 0 N–H and O–H groups in total. The van der Waals surface area contributed by atoms with Crippen molar-refractivity contribution in [3.05, 3.63) is 51.5 Å². The molecule has 0 aromatic heterocycles. The first kappa shape index (κ1) is 21.0. The summed E-state index contributed by atoms with van der Waals surface area (Å²) in [4.78, 5) is 17.3. The van der Waals surface area contributed by atoms with E-state index in [-0.39, 0.29) is 12.0 Å². The van der Waals surface area contributed by atoms with E-state index < -0.39 is 5.60 Å². The predicted molar refractivity (Wildman–Crippen MR) is 127 cm³/mol. The highest BCUT2D eigenvalue weighted by atomic mass is 35.5. The normalized spacial score (nSPS) is 22.2. The lowest BCUT2D eigenvalue weighted by Gasteiger charge is -2.40. The molecular weight excluding hydrogens is 431 g/mol. The molecule has 1 fully saturated rings. The molecule has 0 saturated carbocycles. The number of hydrogen-bond donors (Lipinski definition) is 0. The van der Waals surface area contributed by atoms with Crippen molar-refractivity contribution in [3.8, 4) is 11.1 Å². The summed E-state index contributed by atoms with van der Waals surface area (Å²) in [5, 5.41) is 1.39. The number of aryl methyl sites for hydroxylation is 1. The minimum atomic E-state index is -0.486. The van der Waals surface area contributed by atoms with E-state index in [0.717, 1.165) is 43.5 Å². The summed E-state index contributed by atoms with van der Waals surface area (Å²) in [7, 11) is 0. The third-order valence-corrected chi connectivity index (χ3v) is 7.18. The molecule has 1 amide bonds. The van der Waals surface area contributed by atoms with E-state index in [4.69, 9.17) is 27.9 Å². The van der Waals surface area contributed by atoms with Gasteiger partial charge in [-0.15, -0.1) is 0 Å². The number of carbonyl (C=O) groups excluding carboxylic acids is 1. The fourth-order valence-electron chi connectivity index (χ4n) is 5.41. The number of hydrogen-bond acceptors (Lipinski definition) is 3. The van der Waals surface area contributed by atoms with Gasteiger partial charge < -0.3 is 14.5 Å². The maximum absolute atomic E-state index is 12.8. The molecule has 0 spiro atoms. The Morgan fingerprint density at radius 3 is 2.71 bits per heavy atom. The average molecular weight is 459 g/mol. The Balaban J connectivity index is 1.54. The van der Waals surface area contributed by atoms with E-state index in [1.54, 1.807) is 0 Å². The second-order valence-electron chi connectivity index (χ2n) is 9.88. The fraction of sp³-hybridized carbons (Fsp3) is 0.480. The summed E-state index contributed by atoms with van der Waals surface area (Å²) in [5.74, 6) is 0.283. The van der Waals surface area contributed by atoms with Gasteiger partial charge in [0.2, 0.25) is 0 Å². The van der Waals surface area contributed by atoms with Crippen molar-refractivity contribution in [2.24, 2.45) is 0 Å². The molecule has 164 valence electrons. The lowest BCUT2D eigenvalue weighted by Crippen LogP contribution is -2.49. The topological polar surface area (TPSA) is 32.8 Å². The number of carbonyl (C=O) groups is 1.